The minimum absolute atomic E-state index is 0.182. The lowest BCUT2D eigenvalue weighted by Crippen LogP contribution is -2.05. The maximum atomic E-state index is 9.13. The smallest absolute Gasteiger partial charge is 0.0666 e. The second-order valence-electron chi connectivity index (χ2n) is 2.65. The van der Waals surface area contributed by atoms with Crippen LogP contribution >= 0.6 is 7.92 Å². The molecule has 0 spiro atoms. The van der Waals surface area contributed by atoms with Gasteiger partial charge in [-0.15, -0.1) is 0 Å². The first kappa shape index (κ1) is 10.2. The molecule has 1 aromatic rings. The van der Waals surface area contributed by atoms with Crippen LogP contribution in [0.3, 0.4) is 0 Å². The Morgan fingerprint density at radius 1 is 1.31 bits per heavy atom. The molecule has 1 rings (SSSR count). The van der Waals surface area contributed by atoms with E-state index in [0.717, 1.165) is 6.16 Å². The SMILES string of the molecule is N#CCCP(CO)c1ccccc1. The van der Waals surface area contributed by atoms with Crippen LogP contribution in [-0.2, 0) is 0 Å². The Kier molecular flexibility index (Phi) is 4.46. The second kappa shape index (κ2) is 5.70. The molecule has 0 aromatic heterocycles. The number of benzene rings is 1. The second-order valence-corrected chi connectivity index (χ2v) is 4.97. The van der Waals surface area contributed by atoms with Crippen LogP contribution in [0.5, 0.6) is 0 Å². The molecule has 0 saturated carbocycles. The molecule has 0 fully saturated rings. The molecular formula is C10H12NOP. The molecule has 0 aliphatic carbocycles. The first-order chi connectivity index (χ1) is 6.38. The van der Waals surface area contributed by atoms with E-state index in [2.05, 4.69) is 6.07 Å². The Balaban J connectivity index is 2.63. The monoisotopic (exact) mass is 193 g/mol. The quantitative estimate of drug-likeness (QED) is 0.739. The first-order valence-corrected chi connectivity index (χ1v) is 5.87. The summed E-state index contributed by atoms with van der Waals surface area (Å²) in [5, 5.41) is 18.7. The molecule has 1 N–H and O–H groups in total. The Bertz CT molecular complexity index is 281. The van der Waals surface area contributed by atoms with Gasteiger partial charge in [-0.3, -0.25) is 0 Å². The van der Waals surface area contributed by atoms with Crippen LogP contribution in [0.15, 0.2) is 30.3 Å². The summed E-state index contributed by atoms with van der Waals surface area (Å²) in [5.41, 5.74) is 0. The summed E-state index contributed by atoms with van der Waals surface area (Å²) in [6.45, 7) is 0. The van der Waals surface area contributed by atoms with Crippen molar-refractivity contribution in [1.82, 2.24) is 0 Å². The molecule has 1 aromatic carbocycles. The van der Waals surface area contributed by atoms with Gasteiger partial charge in [-0.05, 0) is 19.4 Å². The van der Waals surface area contributed by atoms with Gasteiger partial charge in [-0.2, -0.15) is 5.26 Å². The van der Waals surface area contributed by atoms with E-state index in [1.807, 2.05) is 30.3 Å². The molecule has 0 amide bonds. The Morgan fingerprint density at radius 3 is 2.54 bits per heavy atom. The Labute approximate surface area is 79.6 Å². The Hall–Kier alpha value is -0.900. The molecule has 0 saturated heterocycles. The molecule has 0 heterocycles. The first-order valence-electron chi connectivity index (χ1n) is 4.16. The summed E-state index contributed by atoms with van der Waals surface area (Å²) in [7, 11) is -0.526. The minimum atomic E-state index is -0.526. The zero-order valence-electron chi connectivity index (χ0n) is 7.35. The van der Waals surface area contributed by atoms with E-state index in [0.29, 0.717) is 6.42 Å². The van der Waals surface area contributed by atoms with Gasteiger partial charge in [0, 0.05) is 6.42 Å². The highest BCUT2D eigenvalue weighted by molar-refractivity contribution is 7.65. The number of aliphatic hydroxyl groups is 1. The molecule has 0 radical (unpaired) electrons. The largest absolute Gasteiger partial charge is 0.392 e. The van der Waals surface area contributed by atoms with Gasteiger partial charge in [0.1, 0.15) is 0 Å². The summed E-state index contributed by atoms with van der Waals surface area (Å²) in [4.78, 5) is 0. The highest BCUT2D eigenvalue weighted by atomic mass is 31.1. The number of hydrogen-bond donors (Lipinski definition) is 1. The number of aliphatic hydroxyl groups excluding tert-OH is 1. The normalized spacial score (nSPS) is 12.0. The fourth-order valence-electron chi connectivity index (χ4n) is 1.11. The molecule has 0 aliphatic heterocycles. The molecule has 1 atom stereocenters. The summed E-state index contributed by atoms with van der Waals surface area (Å²) in [6.07, 6.45) is 1.51. The van der Waals surface area contributed by atoms with E-state index in [9.17, 15) is 0 Å². The van der Waals surface area contributed by atoms with Crippen LogP contribution in [0.25, 0.3) is 0 Å². The van der Waals surface area contributed by atoms with Gasteiger partial charge in [-0.25, -0.2) is 0 Å². The van der Waals surface area contributed by atoms with Crippen LogP contribution in [0.4, 0.5) is 0 Å². The van der Waals surface area contributed by atoms with Crippen molar-refractivity contribution in [2.45, 2.75) is 6.42 Å². The van der Waals surface area contributed by atoms with E-state index >= 15 is 0 Å². The maximum Gasteiger partial charge on any atom is 0.0666 e. The lowest BCUT2D eigenvalue weighted by molar-refractivity contribution is 0.371. The summed E-state index contributed by atoms with van der Waals surface area (Å²) in [5.74, 6) is 0. The number of nitriles is 1. The van der Waals surface area contributed by atoms with E-state index in [1.165, 1.54) is 5.30 Å². The third-order valence-corrected chi connectivity index (χ3v) is 3.92. The van der Waals surface area contributed by atoms with Crippen molar-refractivity contribution in [2.75, 3.05) is 12.5 Å². The molecule has 68 valence electrons. The summed E-state index contributed by atoms with van der Waals surface area (Å²) < 4.78 is 0. The van der Waals surface area contributed by atoms with Gasteiger partial charge in [0.05, 0.1) is 12.4 Å². The maximum absolute atomic E-state index is 9.13. The standard InChI is InChI=1S/C10H12NOP/c11-7-4-8-13(9-12)10-5-2-1-3-6-10/h1-3,5-6,12H,4,8-9H2. The van der Waals surface area contributed by atoms with Crippen molar-refractivity contribution in [1.29, 1.82) is 5.26 Å². The molecule has 3 heteroatoms. The predicted octanol–water partition coefficient (Wildman–Crippen LogP) is 1.66. The van der Waals surface area contributed by atoms with E-state index in [-0.39, 0.29) is 6.35 Å². The molecule has 0 bridgehead atoms. The lowest BCUT2D eigenvalue weighted by Gasteiger charge is -2.12. The number of hydrogen-bond acceptors (Lipinski definition) is 2. The van der Waals surface area contributed by atoms with Crippen molar-refractivity contribution >= 4 is 13.2 Å². The Morgan fingerprint density at radius 2 is 2.00 bits per heavy atom. The molecule has 13 heavy (non-hydrogen) atoms. The van der Waals surface area contributed by atoms with Crippen molar-refractivity contribution in [3.8, 4) is 6.07 Å². The van der Waals surface area contributed by atoms with E-state index < -0.39 is 7.92 Å². The molecule has 0 aliphatic rings. The fourth-order valence-corrected chi connectivity index (χ4v) is 2.63. The number of nitrogens with zero attached hydrogens (tertiary/aromatic N) is 1. The van der Waals surface area contributed by atoms with E-state index in [4.69, 9.17) is 10.4 Å². The topological polar surface area (TPSA) is 44.0 Å². The van der Waals surface area contributed by atoms with Gasteiger partial charge in [0.2, 0.25) is 0 Å². The third-order valence-electron chi connectivity index (χ3n) is 1.79. The van der Waals surface area contributed by atoms with Crippen molar-refractivity contribution < 1.29 is 5.11 Å². The average Bonchev–Trinajstić information content (AvgIpc) is 2.21. The van der Waals surface area contributed by atoms with Gasteiger partial charge in [0.25, 0.3) is 0 Å². The van der Waals surface area contributed by atoms with Crippen LogP contribution in [0.1, 0.15) is 6.42 Å². The summed E-state index contributed by atoms with van der Waals surface area (Å²) in [6, 6.07) is 12.0. The average molecular weight is 193 g/mol. The van der Waals surface area contributed by atoms with E-state index in [1.54, 1.807) is 0 Å². The zero-order valence-corrected chi connectivity index (χ0v) is 8.24. The third kappa shape index (κ3) is 3.14. The zero-order chi connectivity index (χ0) is 9.52. The van der Waals surface area contributed by atoms with Crippen LogP contribution < -0.4 is 5.30 Å². The van der Waals surface area contributed by atoms with Gasteiger partial charge in [0.15, 0.2) is 0 Å². The highest BCUT2D eigenvalue weighted by Crippen LogP contribution is 2.33. The van der Waals surface area contributed by atoms with Crippen LogP contribution in [0, 0.1) is 11.3 Å². The predicted molar refractivity (Wildman–Crippen MR) is 55.2 cm³/mol. The number of rotatable bonds is 4. The molecule has 2 nitrogen and oxygen atoms in total. The van der Waals surface area contributed by atoms with Crippen molar-refractivity contribution in [3.63, 3.8) is 0 Å². The minimum Gasteiger partial charge on any atom is -0.392 e. The van der Waals surface area contributed by atoms with Crippen LogP contribution in [-0.4, -0.2) is 17.6 Å². The lowest BCUT2D eigenvalue weighted by atomic mass is 10.4. The van der Waals surface area contributed by atoms with Crippen molar-refractivity contribution in [2.24, 2.45) is 0 Å². The van der Waals surface area contributed by atoms with Gasteiger partial charge in [-0.1, -0.05) is 30.3 Å². The fraction of sp³-hybridized carbons (Fsp3) is 0.300. The van der Waals surface area contributed by atoms with Gasteiger partial charge < -0.3 is 5.11 Å². The molecule has 1 unspecified atom stereocenters. The van der Waals surface area contributed by atoms with Crippen molar-refractivity contribution in [3.05, 3.63) is 30.3 Å². The highest BCUT2D eigenvalue weighted by Gasteiger charge is 2.07. The van der Waals surface area contributed by atoms with Crippen LogP contribution in [0.2, 0.25) is 0 Å². The summed E-state index contributed by atoms with van der Waals surface area (Å²) >= 11 is 0. The molecular weight excluding hydrogens is 181 g/mol. The van der Waals surface area contributed by atoms with Gasteiger partial charge >= 0.3 is 0 Å².